The van der Waals surface area contributed by atoms with E-state index in [0.29, 0.717) is 13.0 Å². The van der Waals surface area contributed by atoms with Gasteiger partial charge in [0.2, 0.25) is 5.91 Å². The number of carbonyl (C=O) groups is 1. The molecule has 5 heteroatoms. The molecule has 1 aromatic heterocycles. The zero-order valence-electron chi connectivity index (χ0n) is 15.4. The molecule has 3 aromatic rings. The van der Waals surface area contributed by atoms with E-state index in [4.69, 9.17) is 9.72 Å². The molecule has 0 aliphatic carbocycles. The Morgan fingerprint density at radius 3 is 2.89 bits per heavy atom. The molecule has 0 atom stereocenters. The Balaban J connectivity index is 1.38. The number of aryl methyl sites for hydroxylation is 2. The third kappa shape index (κ3) is 4.03. The van der Waals surface area contributed by atoms with E-state index >= 15 is 0 Å². The highest BCUT2D eigenvalue weighted by Gasteiger charge is 2.14. The van der Waals surface area contributed by atoms with Gasteiger partial charge in [0, 0.05) is 31.3 Å². The van der Waals surface area contributed by atoms with Gasteiger partial charge in [-0.3, -0.25) is 4.79 Å². The fourth-order valence-electron chi connectivity index (χ4n) is 3.47. The molecule has 0 radical (unpaired) electrons. The number of hydrogen-bond donors (Lipinski definition) is 1. The number of ether oxygens (including phenoxy) is 1. The fourth-order valence-corrected chi connectivity index (χ4v) is 3.47. The maximum Gasteiger partial charge on any atom is 0.224 e. The number of amides is 1. The third-order valence-electron chi connectivity index (χ3n) is 4.87. The van der Waals surface area contributed by atoms with E-state index in [1.807, 2.05) is 36.4 Å². The van der Waals surface area contributed by atoms with Crippen molar-refractivity contribution in [3.63, 3.8) is 0 Å². The lowest BCUT2D eigenvalue weighted by molar-refractivity contribution is -0.120. The van der Waals surface area contributed by atoms with Crippen molar-refractivity contribution in [2.45, 2.75) is 32.4 Å². The van der Waals surface area contributed by atoms with Crippen molar-refractivity contribution in [2.75, 3.05) is 7.11 Å². The summed E-state index contributed by atoms with van der Waals surface area (Å²) in [6, 6.07) is 15.8. The fraction of sp³-hybridized carbons (Fsp3) is 0.273. The molecule has 0 spiro atoms. The maximum absolute atomic E-state index is 12.3. The van der Waals surface area contributed by atoms with Crippen molar-refractivity contribution in [2.24, 2.45) is 0 Å². The second-order valence-electron chi connectivity index (χ2n) is 6.84. The van der Waals surface area contributed by atoms with Gasteiger partial charge >= 0.3 is 0 Å². The molecular weight excluding hydrogens is 338 g/mol. The molecule has 2 heterocycles. The summed E-state index contributed by atoms with van der Waals surface area (Å²) in [5.41, 5.74) is 4.11. The van der Waals surface area contributed by atoms with Gasteiger partial charge in [-0.1, -0.05) is 30.3 Å². The minimum atomic E-state index is -0.00498. The Morgan fingerprint density at radius 2 is 2.04 bits per heavy atom. The Labute approximate surface area is 159 Å². The van der Waals surface area contributed by atoms with E-state index in [0.717, 1.165) is 41.1 Å². The van der Waals surface area contributed by atoms with Crippen LogP contribution in [0.5, 0.6) is 5.75 Å². The molecule has 1 N–H and O–H groups in total. The van der Waals surface area contributed by atoms with Crippen molar-refractivity contribution < 1.29 is 9.53 Å². The molecule has 27 heavy (non-hydrogen) atoms. The van der Waals surface area contributed by atoms with Crippen molar-refractivity contribution >= 4 is 5.91 Å². The molecule has 1 amide bonds. The summed E-state index contributed by atoms with van der Waals surface area (Å²) in [7, 11) is 1.63. The SMILES string of the molecule is COc1cccc(CC(=O)NCc2cccc(-c3cn4c(n3)CCC4)c2)c1. The molecule has 138 valence electrons. The lowest BCUT2D eigenvalue weighted by atomic mass is 10.1. The van der Waals surface area contributed by atoms with Crippen LogP contribution < -0.4 is 10.1 Å². The van der Waals surface area contributed by atoms with Gasteiger partial charge in [0.25, 0.3) is 0 Å². The molecule has 0 fully saturated rings. The molecule has 1 aliphatic heterocycles. The Kier molecular flexibility index (Phi) is 4.92. The molecule has 0 unspecified atom stereocenters. The van der Waals surface area contributed by atoms with Crippen molar-refractivity contribution in [1.29, 1.82) is 0 Å². The van der Waals surface area contributed by atoms with Crippen molar-refractivity contribution in [3.8, 4) is 17.0 Å². The average Bonchev–Trinajstić information content (AvgIpc) is 3.29. The van der Waals surface area contributed by atoms with Crippen LogP contribution >= 0.6 is 0 Å². The van der Waals surface area contributed by atoms with Gasteiger partial charge in [-0.15, -0.1) is 0 Å². The standard InChI is InChI=1S/C22H23N3O2/c1-27-19-8-3-5-16(12-19)13-22(26)23-14-17-6-2-7-18(11-17)20-15-25-10-4-9-21(25)24-20/h2-3,5-8,11-12,15H,4,9-10,13-14H2,1H3,(H,23,26). The normalized spacial score (nSPS) is 12.6. The van der Waals surface area contributed by atoms with Gasteiger partial charge in [-0.2, -0.15) is 0 Å². The van der Waals surface area contributed by atoms with E-state index in [2.05, 4.69) is 28.2 Å². The number of hydrogen-bond acceptors (Lipinski definition) is 3. The van der Waals surface area contributed by atoms with Crippen LogP contribution in [-0.2, 0) is 30.7 Å². The van der Waals surface area contributed by atoms with E-state index in [1.165, 1.54) is 12.2 Å². The summed E-state index contributed by atoms with van der Waals surface area (Å²) in [5.74, 6) is 1.93. The first-order valence-electron chi connectivity index (χ1n) is 9.26. The average molecular weight is 361 g/mol. The Hall–Kier alpha value is -3.08. The van der Waals surface area contributed by atoms with Crippen LogP contribution in [0.2, 0.25) is 0 Å². The van der Waals surface area contributed by atoms with Crippen LogP contribution in [0.3, 0.4) is 0 Å². The first-order chi connectivity index (χ1) is 13.2. The number of aromatic nitrogens is 2. The zero-order chi connectivity index (χ0) is 18.6. The van der Waals surface area contributed by atoms with Crippen molar-refractivity contribution in [3.05, 3.63) is 71.7 Å². The number of rotatable bonds is 6. The smallest absolute Gasteiger partial charge is 0.224 e. The molecule has 0 bridgehead atoms. The second-order valence-corrected chi connectivity index (χ2v) is 6.84. The summed E-state index contributed by atoms with van der Waals surface area (Å²) in [6.45, 7) is 1.56. The summed E-state index contributed by atoms with van der Waals surface area (Å²) in [6.07, 6.45) is 4.70. The van der Waals surface area contributed by atoms with Crippen LogP contribution in [0, 0.1) is 0 Å². The van der Waals surface area contributed by atoms with Crippen LogP contribution in [0.15, 0.2) is 54.7 Å². The number of fused-ring (bicyclic) bond motifs is 1. The van der Waals surface area contributed by atoms with E-state index in [9.17, 15) is 4.79 Å². The summed E-state index contributed by atoms with van der Waals surface area (Å²) in [4.78, 5) is 17.0. The van der Waals surface area contributed by atoms with Gasteiger partial charge in [-0.05, 0) is 35.7 Å². The van der Waals surface area contributed by atoms with Gasteiger partial charge in [0.05, 0.1) is 19.2 Å². The first kappa shape index (κ1) is 17.3. The summed E-state index contributed by atoms with van der Waals surface area (Å²) >= 11 is 0. The summed E-state index contributed by atoms with van der Waals surface area (Å²) < 4.78 is 7.44. The second kappa shape index (κ2) is 7.66. The molecule has 0 saturated heterocycles. The number of benzene rings is 2. The zero-order valence-corrected chi connectivity index (χ0v) is 15.4. The molecule has 2 aromatic carbocycles. The number of imidazole rings is 1. The summed E-state index contributed by atoms with van der Waals surface area (Å²) in [5, 5.41) is 3.00. The highest BCUT2D eigenvalue weighted by atomic mass is 16.5. The van der Waals surface area contributed by atoms with Crippen LogP contribution in [0.25, 0.3) is 11.3 Å². The molecular formula is C22H23N3O2. The predicted molar refractivity (Wildman–Crippen MR) is 105 cm³/mol. The minimum Gasteiger partial charge on any atom is -0.497 e. The number of methoxy groups -OCH3 is 1. The van der Waals surface area contributed by atoms with Crippen LogP contribution in [-0.4, -0.2) is 22.6 Å². The highest BCUT2D eigenvalue weighted by molar-refractivity contribution is 5.78. The largest absolute Gasteiger partial charge is 0.497 e. The molecule has 0 saturated carbocycles. The molecule has 5 nitrogen and oxygen atoms in total. The van der Waals surface area contributed by atoms with E-state index < -0.39 is 0 Å². The van der Waals surface area contributed by atoms with E-state index in [-0.39, 0.29) is 5.91 Å². The van der Waals surface area contributed by atoms with Crippen LogP contribution in [0.4, 0.5) is 0 Å². The third-order valence-corrected chi connectivity index (χ3v) is 4.87. The monoisotopic (exact) mass is 361 g/mol. The van der Waals surface area contributed by atoms with Crippen molar-refractivity contribution in [1.82, 2.24) is 14.9 Å². The number of carbonyl (C=O) groups excluding carboxylic acids is 1. The van der Waals surface area contributed by atoms with Gasteiger partial charge < -0.3 is 14.6 Å². The topological polar surface area (TPSA) is 56.1 Å². The maximum atomic E-state index is 12.3. The van der Waals surface area contributed by atoms with Gasteiger partial charge in [-0.25, -0.2) is 4.98 Å². The number of nitrogens with zero attached hydrogens (tertiary/aromatic N) is 2. The Bertz CT molecular complexity index is 940. The number of nitrogens with one attached hydrogen (secondary N) is 1. The lowest BCUT2D eigenvalue weighted by Gasteiger charge is -2.08. The molecule has 4 rings (SSSR count). The quantitative estimate of drug-likeness (QED) is 0.732. The first-order valence-corrected chi connectivity index (χ1v) is 9.26. The van der Waals surface area contributed by atoms with Gasteiger partial charge in [0.1, 0.15) is 11.6 Å². The lowest BCUT2D eigenvalue weighted by Crippen LogP contribution is -2.24. The van der Waals surface area contributed by atoms with E-state index in [1.54, 1.807) is 7.11 Å². The molecule has 1 aliphatic rings. The predicted octanol–water partition coefficient (Wildman–Crippen LogP) is 3.36. The van der Waals surface area contributed by atoms with Gasteiger partial charge in [0.15, 0.2) is 0 Å². The highest BCUT2D eigenvalue weighted by Crippen LogP contribution is 2.23. The minimum absolute atomic E-state index is 0.00498. The Morgan fingerprint density at radius 1 is 1.19 bits per heavy atom. The van der Waals surface area contributed by atoms with Crippen LogP contribution in [0.1, 0.15) is 23.4 Å².